The molecule has 2 heterocycles. The Morgan fingerprint density at radius 2 is 1.41 bits per heavy atom. The van der Waals surface area contributed by atoms with Crippen LogP contribution in [-0.2, 0) is 9.53 Å². The first-order valence-electron chi connectivity index (χ1n) is 5.99. The molecule has 2 heteroatoms. The van der Waals surface area contributed by atoms with Crippen LogP contribution in [0.2, 0.25) is 0 Å². The lowest BCUT2D eigenvalue weighted by atomic mass is 9.86. The lowest BCUT2D eigenvalue weighted by molar-refractivity contribution is -0.146. The number of Topliss-reactive ketones (excluding diaryl/α,β-unsaturated/α-hetero) is 1. The van der Waals surface area contributed by atoms with Gasteiger partial charge in [0.1, 0.15) is 0 Å². The van der Waals surface area contributed by atoms with Crippen molar-refractivity contribution in [3.63, 3.8) is 0 Å². The number of hydrogen-bond acceptors (Lipinski definition) is 2. The highest BCUT2D eigenvalue weighted by atomic mass is 16.5. The zero-order valence-corrected chi connectivity index (χ0v) is 9.24. The molecule has 17 heavy (non-hydrogen) atoms. The first-order valence-corrected chi connectivity index (χ1v) is 5.99. The Morgan fingerprint density at radius 3 is 1.94 bits per heavy atom. The molecule has 1 aliphatic carbocycles. The quantitative estimate of drug-likeness (QED) is 0.677. The highest BCUT2D eigenvalue weighted by molar-refractivity contribution is 5.90. The van der Waals surface area contributed by atoms with E-state index in [2.05, 4.69) is 12.1 Å². The average molecular weight is 224 g/mol. The summed E-state index contributed by atoms with van der Waals surface area (Å²) < 4.78 is 6.06. The molecule has 2 nitrogen and oxygen atoms in total. The van der Waals surface area contributed by atoms with Crippen LogP contribution in [0.15, 0.2) is 48.6 Å². The Hall–Kier alpha value is -1.67. The number of hydrogen-bond donors (Lipinski definition) is 0. The molecule has 1 aromatic carbocycles. The molecule has 3 aliphatic rings. The van der Waals surface area contributed by atoms with E-state index in [4.69, 9.17) is 4.74 Å². The second-order valence-corrected chi connectivity index (χ2v) is 4.83. The molecule has 0 amide bonds. The second-order valence-electron chi connectivity index (χ2n) is 4.83. The van der Waals surface area contributed by atoms with Crippen LogP contribution >= 0.6 is 0 Å². The van der Waals surface area contributed by atoms with Crippen molar-refractivity contribution in [1.29, 1.82) is 0 Å². The molecule has 0 N–H and O–H groups in total. The van der Waals surface area contributed by atoms with Crippen LogP contribution in [0.3, 0.4) is 0 Å². The van der Waals surface area contributed by atoms with E-state index in [1.54, 1.807) is 0 Å². The summed E-state index contributed by atoms with van der Waals surface area (Å²) in [5.41, 5.74) is 2.39. The van der Waals surface area contributed by atoms with Crippen LogP contribution in [0.25, 0.3) is 0 Å². The second kappa shape index (κ2) is 3.17. The minimum atomic E-state index is -0.116. The molecule has 1 fully saturated rings. The van der Waals surface area contributed by atoms with Gasteiger partial charge in [0.2, 0.25) is 0 Å². The van der Waals surface area contributed by atoms with Crippen LogP contribution in [0.5, 0.6) is 0 Å². The third kappa shape index (κ3) is 1.11. The van der Waals surface area contributed by atoms with E-state index in [9.17, 15) is 4.79 Å². The third-order valence-corrected chi connectivity index (χ3v) is 3.96. The molecule has 4 atom stereocenters. The number of ether oxygens (including phenoxy) is 1. The monoisotopic (exact) mass is 224 g/mol. The van der Waals surface area contributed by atoms with Crippen LogP contribution in [0.4, 0.5) is 0 Å². The molecule has 0 radical (unpaired) electrons. The molecule has 0 spiro atoms. The normalized spacial score (nSPS) is 36.8. The van der Waals surface area contributed by atoms with Gasteiger partial charge in [-0.2, -0.15) is 0 Å². The number of allylic oxidation sites excluding steroid dienone is 2. The van der Waals surface area contributed by atoms with Crippen LogP contribution in [-0.4, -0.2) is 5.78 Å². The predicted molar refractivity (Wildman–Crippen MR) is 63.3 cm³/mol. The fourth-order valence-electron chi connectivity index (χ4n) is 3.17. The van der Waals surface area contributed by atoms with Crippen molar-refractivity contribution >= 4 is 5.78 Å². The minimum Gasteiger partial charge on any atom is -0.363 e. The van der Waals surface area contributed by atoms with E-state index in [-0.39, 0.29) is 24.0 Å². The van der Waals surface area contributed by atoms with E-state index in [0.29, 0.717) is 5.78 Å². The first-order chi connectivity index (χ1) is 8.36. The van der Waals surface area contributed by atoms with Crippen molar-refractivity contribution < 1.29 is 9.53 Å². The highest BCUT2D eigenvalue weighted by Crippen LogP contribution is 2.53. The SMILES string of the molecule is O=C1[C@H]2C=CC=C[C@@H]1[C@@H]1O[C@H]2c2ccccc21. The van der Waals surface area contributed by atoms with Gasteiger partial charge >= 0.3 is 0 Å². The number of fused-ring (bicyclic) bond motifs is 9. The molecule has 0 aromatic heterocycles. The van der Waals surface area contributed by atoms with Crippen LogP contribution < -0.4 is 0 Å². The van der Waals surface area contributed by atoms with Crippen LogP contribution in [0, 0.1) is 11.8 Å². The molecular weight excluding hydrogens is 212 g/mol. The summed E-state index contributed by atoms with van der Waals surface area (Å²) >= 11 is 0. The highest BCUT2D eigenvalue weighted by Gasteiger charge is 2.49. The van der Waals surface area contributed by atoms with Gasteiger partial charge in [-0.05, 0) is 11.1 Å². The maximum atomic E-state index is 12.4. The molecule has 0 saturated carbocycles. The summed E-state index contributed by atoms with van der Waals surface area (Å²) in [5.74, 6) is 0.0669. The number of benzene rings is 1. The van der Waals surface area contributed by atoms with Gasteiger partial charge in [-0.3, -0.25) is 4.79 Å². The fourth-order valence-corrected chi connectivity index (χ4v) is 3.17. The summed E-state index contributed by atoms with van der Waals surface area (Å²) in [5, 5.41) is 0. The van der Waals surface area contributed by atoms with Gasteiger partial charge in [0.25, 0.3) is 0 Å². The smallest absolute Gasteiger partial charge is 0.152 e. The van der Waals surface area contributed by atoms with Crippen molar-refractivity contribution in [1.82, 2.24) is 0 Å². The Morgan fingerprint density at radius 1 is 0.882 bits per heavy atom. The Kier molecular flexibility index (Phi) is 1.75. The lowest BCUT2D eigenvalue weighted by Crippen LogP contribution is -2.33. The molecule has 1 aromatic rings. The van der Waals surface area contributed by atoms with Gasteiger partial charge in [-0.1, -0.05) is 48.6 Å². The van der Waals surface area contributed by atoms with Gasteiger partial charge in [0.15, 0.2) is 5.78 Å². The van der Waals surface area contributed by atoms with Crippen molar-refractivity contribution in [2.45, 2.75) is 12.2 Å². The van der Waals surface area contributed by atoms with Gasteiger partial charge in [0, 0.05) is 0 Å². The summed E-state index contributed by atoms with van der Waals surface area (Å²) in [6, 6.07) is 8.21. The van der Waals surface area contributed by atoms with Gasteiger partial charge in [0.05, 0.1) is 24.0 Å². The first kappa shape index (κ1) is 9.37. The van der Waals surface area contributed by atoms with Gasteiger partial charge in [-0.15, -0.1) is 0 Å². The summed E-state index contributed by atoms with van der Waals surface area (Å²) in [7, 11) is 0. The molecule has 2 aliphatic heterocycles. The standard InChI is InChI=1S/C15H12O2/c16-13-11-7-3-4-8-12(13)15-10-6-2-1-5-9(10)14(11)17-15/h1-8,11-12,14-15H/t11-,12+,14+,15-. The fraction of sp³-hybridized carbons (Fsp3) is 0.267. The third-order valence-electron chi connectivity index (χ3n) is 3.96. The molecular formula is C15H12O2. The predicted octanol–water partition coefficient (Wildman–Crippen LogP) is 2.74. The maximum Gasteiger partial charge on any atom is 0.152 e. The van der Waals surface area contributed by atoms with Crippen LogP contribution in [0.1, 0.15) is 23.3 Å². The zero-order chi connectivity index (χ0) is 11.4. The number of ketones is 1. The summed E-state index contributed by atoms with van der Waals surface area (Å²) in [4.78, 5) is 12.4. The Labute approximate surface area is 99.6 Å². The molecule has 4 bridgehead atoms. The zero-order valence-electron chi connectivity index (χ0n) is 9.24. The molecule has 0 unspecified atom stereocenters. The van der Waals surface area contributed by atoms with E-state index >= 15 is 0 Å². The van der Waals surface area contributed by atoms with Gasteiger partial charge < -0.3 is 4.74 Å². The minimum absolute atomic E-state index is 0.0731. The Bertz CT molecular complexity index is 509. The van der Waals surface area contributed by atoms with Gasteiger partial charge in [-0.25, -0.2) is 0 Å². The number of rotatable bonds is 0. The average Bonchev–Trinajstić information content (AvgIpc) is 2.64. The summed E-state index contributed by atoms with van der Waals surface area (Å²) in [6.07, 6.45) is 7.74. The van der Waals surface area contributed by atoms with E-state index < -0.39 is 0 Å². The summed E-state index contributed by atoms with van der Waals surface area (Å²) in [6.45, 7) is 0. The van der Waals surface area contributed by atoms with E-state index in [1.807, 2.05) is 36.4 Å². The lowest BCUT2D eigenvalue weighted by Gasteiger charge is -2.30. The maximum absolute atomic E-state index is 12.4. The van der Waals surface area contributed by atoms with Crippen molar-refractivity contribution in [3.05, 3.63) is 59.7 Å². The van der Waals surface area contributed by atoms with Crippen molar-refractivity contribution in [2.24, 2.45) is 11.8 Å². The molecule has 84 valence electrons. The largest absolute Gasteiger partial charge is 0.363 e. The molecule has 4 rings (SSSR count). The van der Waals surface area contributed by atoms with Crippen molar-refractivity contribution in [3.8, 4) is 0 Å². The number of carbonyl (C=O) groups excluding carboxylic acids is 1. The Balaban J connectivity index is 1.96. The van der Waals surface area contributed by atoms with E-state index in [1.165, 1.54) is 11.1 Å². The van der Waals surface area contributed by atoms with Crippen molar-refractivity contribution in [2.75, 3.05) is 0 Å². The molecule has 1 saturated heterocycles. The number of carbonyl (C=O) groups is 1. The topological polar surface area (TPSA) is 26.3 Å². The van der Waals surface area contributed by atoms with E-state index in [0.717, 1.165) is 0 Å².